The summed E-state index contributed by atoms with van der Waals surface area (Å²) in [5.41, 5.74) is 4.69. The van der Waals surface area contributed by atoms with Crippen molar-refractivity contribution in [1.82, 2.24) is 4.90 Å². The second kappa shape index (κ2) is 9.07. The van der Waals surface area contributed by atoms with Crippen LogP contribution in [0.1, 0.15) is 35.8 Å². The van der Waals surface area contributed by atoms with Crippen LogP contribution in [0.15, 0.2) is 60.7 Å². The average Bonchev–Trinajstić information content (AvgIpc) is 3.55. The molecule has 0 aromatic heterocycles. The molecule has 0 bridgehead atoms. The maximum Gasteiger partial charge on any atom is 0.253 e. The van der Waals surface area contributed by atoms with Crippen LogP contribution in [-0.2, 0) is 10.2 Å². The number of likely N-dealkylation sites (N-methyl/N-ethyl adjacent to an activating group) is 1. The number of anilines is 1. The molecule has 1 fully saturated rings. The molecule has 2 amide bonds. The Hall–Kier alpha value is -3.84. The first-order valence-electron chi connectivity index (χ1n) is 11.7. The largest absolute Gasteiger partial charge is 0.454 e. The van der Waals surface area contributed by atoms with Crippen molar-refractivity contribution in [3.63, 3.8) is 0 Å². The van der Waals surface area contributed by atoms with Gasteiger partial charge in [-0.1, -0.05) is 24.3 Å². The van der Waals surface area contributed by atoms with E-state index in [0.29, 0.717) is 17.1 Å². The topological polar surface area (TPSA) is 88.1 Å². The number of aliphatic hydroxyl groups excluding tert-OH is 1. The fraction of sp³-hybridized carbons (Fsp3) is 0.286. The molecule has 0 saturated heterocycles. The number of aryl methyl sites for hydroxylation is 1. The van der Waals surface area contributed by atoms with Crippen molar-refractivity contribution in [1.29, 1.82) is 0 Å². The van der Waals surface area contributed by atoms with E-state index in [9.17, 15) is 9.59 Å². The van der Waals surface area contributed by atoms with Crippen molar-refractivity contribution in [2.24, 2.45) is 0 Å². The van der Waals surface area contributed by atoms with E-state index in [2.05, 4.69) is 5.32 Å². The Morgan fingerprint density at radius 2 is 1.77 bits per heavy atom. The van der Waals surface area contributed by atoms with Crippen LogP contribution < -0.4 is 14.8 Å². The zero-order valence-corrected chi connectivity index (χ0v) is 19.8. The van der Waals surface area contributed by atoms with Crippen LogP contribution in [0.4, 0.5) is 5.69 Å². The van der Waals surface area contributed by atoms with E-state index in [4.69, 9.17) is 14.6 Å². The summed E-state index contributed by atoms with van der Waals surface area (Å²) in [5.74, 6) is 1.23. The molecule has 1 aliphatic carbocycles. The molecule has 7 heteroatoms. The Labute approximate surface area is 205 Å². The number of rotatable bonds is 7. The monoisotopic (exact) mass is 474 g/mol. The number of hydrogen-bond acceptors (Lipinski definition) is 5. The smallest absolute Gasteiger partial charge is 0.253 e. The lowest BCUT2D eigenvalue weighted by Crippen LogP contribution is -2.29. The maximum absolute atomic E-state index is 13.3. The minimum absolute atomic E-state index is 0. The van der Waals surface area contributed by atoms with E-state index in [1.165, 1.54) is 4.90 Å². The van der Waals surface area contributed by atoms with Crippen molar-refractivity contribution >= 4 is 17.5 Å². The average molecular weight is 475 g/mol. The zero-order chi connectivity index (χ0) is 24.6. The molecule has 1 saturated carbocycles. The lowest BCUT2D eigenvalue weighted by molar-refractivity contribution is -0.118. The predicted octanol–water partition coefficient (Wildman–Crippen LogP) is 4.37. The van der Waals surface area contributed by atoms with Gasteiger partial charge in [-0.25, -0.2) is 0 Å². The quantitative estimate of drug-likeness (QED) is 0.531. The Kier molecular flexibility index (Phi) is 5.94. The Balaban J connectivity index is 0.00000304. The van der Waals surface area contributed by atoms with Crippen molar-refractivity contribution in [3.05, 3.63) is 77.4 Å². The molecule has 7 nitrogen and oxygen atoms in total. The van der Waals surface area contributed by atoms with Gasteiger partial charge in [0.15, 0.2) is 11.5 Å². The highest BCUT2D eigenvalue weighted by atomic mass is 16.7. The normalized spacial score (nSPS) is 14.9. The van der Waals surface area contributed by atoms with E-state index in [1.807, 2.05) is 55.5 Å². The van der Waals surface area contributed by atoms with Gasteiger partial charge < -0.3 is 24.8 Å². The molecule has 35 heavy (non-hydrogen) atoms. The summed E-state index contributed by atoms with van der Waals surface area (Å²) in [4.78, 5) is 27.3. The number of nitrogens with zero attached hydrogens (tertiary/aromatic N) is 1. The van der Waals surface area contributed by atoms with Crippen LogP contribution in [0.2, 0.25) is 0 Å². The number of hydrogen-bond donors (Lipinski definition) is 2. The van der Waals surface area contributed by atoms with Crippen LogP contribution >= 0.6 is 0 Å². The lowest BCUT2D eigenvalue weighted by Gasteiger charge is -2.18. The van der Waals surface area contributed by atoms with Gasteiger partial charge >= 0.3 is 0 Å². The Morgan fingerprint density at radius 1 is 1.03 bits per heavy atom. The first-order chi connectivity index (χ1) is 16.9. The van der Waals surface area contributed by atoms with Crippen molar-refractivity contribution < 1.29 is 25.6 Å². The summed E-state index contributed by atoms with van der Waals surface area (Å²) in [6.07, 6.45) is 1.58. The molecule has 182 valence electrons. The predicted molar refractivity (Wildman–Crippen MR) is 135 cm³/mol. The summed E-state index contributed by atoms with van der Waals surface area (Å²) >= 11 is 0. The molecular weight excluding hydrogens is 444 g/mol. The first-order valence-corrected chi connectivity index (χ1v) is 11.7. The summed E-state index contributed by atoms with van der Waals surface area (Å²) in [7, 11) is 1.67. The van der Waals surface area contributed by atoms with Gasteiger partial charge in [0.25, 0.3) is 5.91 Å². The van der Waals surface area contributed by atoms with Crippen LogP contribution in [-0.4, -0.2) is 48.8 Å². The van der Waals surface area contributed by atoms with Gasteiger partial charge in [0, 0.05) is 26.3 Å². The maximum atomic E-state index is 13.3. The lowest BCUT2D eigenvalue weighted by atomic mass is 9.94. The highest BCUT2D eigenvalue weighted by Gasteiger charge is 2.51. The van der Waals surface area contributed by atoms with Gasteiger partial charge in [-0.2, -0.15) is 0 Å². The second-order valence-corrected chi connectivity index (χ2v) is 9.16. The minimum Gasteiger partial charge on any atom is -0.454 e. The molecule has 5 rings (SSSR count). The third kappa shape index (κ3) is 4.35. The van der Waals surface area contributed by atoms with Crippen molar-refractivity contribution in [3.8, 4) is 22.6 Å². The van der Waals surface area contributed by atoms with Crippen LogP contribution in [0.3, 0.4) is 0 Å². The van der Waals surface area contributed by atoms with E-state index < -0.39 is 5.41 Å². The van der Waals surface area contributed by atoms with Crippen LogP contribution in [0.25, 0.3) is 11.1 Å². The number of nitrogens with one attached hydrogen (secondary N) is 1. The van der Waals surface area contributed by atoms with Gasteiger partial charge in [0.05, 0.1) is 12.0 Å². The molecule has 2 N–H and O–H groups in total. The van der Waals surface area contributed by atoms with E-state index in [-0.39, 0.29) is 33.2 Å². The van der Waals surface area contributed by atoms with Crippen LogP contribution in [0, 0.1) is 6.92 Å². The summed E-state index contributed by atoms with van der Waals surface area (Å²) < 4.78 is 10.9. The van der Waals surface area contributed by atoms with E-state index in [0.717, 1.165) is 40.8 Å². The number of carbonyl (C=O) groups excluding carboxylic acids is 2. The number of fused-ring (bicyclic) bond motifs is 1. The summed E-state index contributed by atoms with van der Waals surface area (Å²) in [6.45, 7) is 2.44. The zero-order valence-electron chi connectivity index (χ0n) is 19.8. The number of ether oxygens (including phenoxy) is 2. The molecule has 0 spiro atoms. The van der Waals surface area contributed by atoms with Crippen molar-refractivity contribution in [2.45, 2.75) is 25.2 Å². The van der Waals surface area contributed by atoms with Gasteiger partial charge in [0.1, 0.15) is 0 Å². The molecule has 3 aromatic rings. The summed E-state index contributed by atoms with van der Waals surface area (Å²) in [5, 5.41) is 12.2. The number of aliphatic hydroxyl groups is 1. The van der Waals surface area contributed by atoms with E-state index in [1.54, 1.807) is 19.2 Å². The molecule has 1 aliphatic heterocycles. The molecule has 0 radical (unpaired) electrons. The molecule has 2 aliphatic rings. The molecule has 1 heterocycles. The first kappa shape index (κ1) is 22.9. The number of benzene rings is 3. The third-order valence-electron chi connectivity index (χ3n) is 6.83. The van der Waals surface area contributed by atoms with Crippen molar-refractivity contribution in [2.75, 3.05) is 32.3 Å². The van der Waals surface area contributed by atoms with Crippen LogP contribution in [0.5, 0.6) is 11.5 Å². The Morgan fingerprint density at radius 3 is 2.49 bits per heavy atom. The van der Waals surface area contributed by atoms with Gasteiger partial charge in [0.2, 0.25) is 12.7 Å². The van der Waals surface area contributed by atoms with Gasteiger partial charge in [-0.3, -0.25) is 9.59 Å². The number of carbonyl (C=O) groups is 2. The SMILES string of the molecule is Cc1ccc(NC(=O)C2(c3ccc4c(c3)OCO4)CC2)cc1-c1ccc(C(=O)N(C)CCO)cc1.[HH]. The standard InChI is InChI=1S/C28H28N2O5.H2/c1-18-3-9-22(16-23(18)19-4-6-20(7-5-19)26(32)30(2)13-14-31)29-27(33)28(11-12-28)21-8-10-24-25(15-21)35-17-34-24;/h3-10,15-16,31H,11-14,17H2,1-2H3,(H,29,33);1H. The highest BCUT2D eigenvalue weighted by molar-refractivity contribution is 6.02. The van der Waals surface area contributed by atoms with Gasteiger partial charge in [-0.15, -0.1) is 0 Å². The summed E-state index contributed by atoms with van der Waals surface area (Å²) in [6, 6.07) is 19.0. The van der Waals surface area contributed by atoms with Gasteiger partial charge in [-0.05, 0) is 78.4 Å². The highest BCUT2D eigenvalue weighted by Crippen LogP contribution is 2.51. The van der Waals surface area contributed by atoms with E-state index >= 15 is 0 Å². The molecular formula is C28H30N2O5. The fourth-order valence-electron chi connectivity index (χ4n) is 4.49. The second-order valence-electron chi connectivity index (χ2n) is 9.16. The molecule has 3 aromatic carbocycles. The Bertz CT molecular complexity index is 1290. The molecule has 0 unspecified atom stereocenters. The third-order valence-corrected chi connectivity index (χ3v) is 6.83. The minimum atomic E-state index is -0.547. The number of amides is 2. The fourth-order valence-corrected chi connectivity index (χ4v) is 4.49. The molecule has 0 atom stereocenters.